The largest absolute Gasteiger partial charge is 0.445 e. The summed E-state index contributed by atoms with van der Waals surface area (Å²) in [5.74, 6) is 0. The highest BCUT2D eigenvalue weighted by Crippen LogP contribution is 2.60. The lowest BCUT2D eigenvalue weighted by Gasteiger charge is -2.57. The van der Waals surface area contributed by atoms with E-state index in [2.05, 4.69) is 11.4 Å². The molecular formula is C16H18N2O2. The molecule has 4 nitrogen and oxygen atoms in total. The maximum absolute atomic E-state index is 11.8. The van der Waals surface area contributed by atoms with E-state index in [1.165, 1.54) is 19.3 Å². The summed E-state index contributed by atoms with van der Waals surface area (Å²) in [6.07, 6.45) is 4.69. The zero-order chi connectivity index (χ0) is 14.1. The molecule has 4 heteroatoms. The summed E-state index contributed by atoms with van der Waals surface area (Å²) < 4.78 is 5.18. The molecule has 0 heterocycles. The van der Waals surface area contributed by atoms with Gasteiger partial charge in [-0.25, -0.2) is 4.79 Å². The Morgan fingerprint density at radius 3 is 2.55 bits per heavy atom. The Morgan fingerprint density at radius 1 is 1.30 bits per heavy atom. The van der Waals surface area contributed by atoms with E-state index in [9.17, 15) is 10.1 Å². The number of carbonyl (C=O) groups excluding carboxylic acids is 1. The Kier molecular flexibility index (Phi) is 3.13. The second-order valence-corrected chi connectivity index (χ2v) is 6.09. The van der Waals surface area contributed by atoms with Crippen LogP contribution in [-0.2, 0) is 11.3 Å². The van der Waals surface area contributed by atoms with Gasteiger partial charge >= 0.3 is 6.09 Å². The van der Waals surface area contributed by atoms with E-state index in [0.717, 1.165) is 18.4 Å². The zero-order valence-electron chi connectivity index (χ0n) is 11.4. The number of hydrogen-bond acceptors (Lipinski definition) is 3. The quantitative estimate of drug-likeness (QED) is 0.917. The van der Waals surface area contributed by atoms with Gasteiger partial charge < -0.3 is 10.1 Å². The van der Waals surface area contributed by atoms with E-state index < -0.39 is 11.6 Å². The topological polar surface area (TPSA) is 62.1 Å². The minimum atomic E-state index is -0.700. The molecule has 1 spiro atoms. The van der Waals surface area contributed by atoms with E-state index in [1.54, 1.807) is 0 Å². The molecule has 0 radical (unpaired) electrons. The summed E-state index contributed by atoms with van der Waals surface area (Å²) in [5.41, 5.74) is 0.578. The van der Waals surface area contributed by atoms with Crippen LogP contribution in [0.15, 0.2) is 30.3 Å². The minimum absolute atomic E-state index is 0.235. The van der Waals surface area contributed by atoms with E-state index in [0.29, 0.717) is 5.41 Å². The van der Waals surface area contributed by atoms with Crippen LogP contribution in [0.2, 0.25) is 0 Å². The molecule has 2 aliphatic rings. The van der Waals surface area contributed by atoms with Gasteiger partial charge in [0.2, 0.25) is 0 Å². The van der Waals surface area contributed by atoms with Crippen molar-refractivity contribution >= 4 is 6.09 Å². The summed E-state index contributed by atoms with van der Waals surface area (Å²) in [4.78, 5) is 11.8. The van der Waals surface area contributed by atoms with Gasteiger partial charge in [-0.05, 0) is 36.7 Å². The molecule has 1 aromatic rings. The molecule has 0 bridgehead atoms. The van der Waals surface area contributed by atoms with E-state index >= 15 is 0 Å². The fourth-order valence-corrected chi connectivity index (χ4v) is 3.41. The van der Waals surface area contributed by atoms with Crippen molar-refractivity contribution in [3.05, 3.63) is 35.9 Å². The van der Waals surface area contributed by atoms with Gasteiger partial charge in [0.1, 0.15) is 12.1 Å². The Balaban J connectivity index is 1.50. The molecule has 0 aromatic heterocycles. The van der Waals surface area contributed by atoms with Crippen LogP contribution in [0.25, 0.3) is 0 Å². The third-order valence-electron chi connectivity index (χ3n) is 4.54. The van der Waals surface area contributed by atoms with Crippen molar-refractivity contribution in [2.24, 2.45) is 5.41 Å². The van der Waals surface area contributed by atoms with Gasteiger partial charge in [-0.15, -0.1) is 0 Å². The summed E-state index contributed by atoms with van der Waals surface area (Å²) >= 11 is 0. The van der Waals surface area contributed by atoms with Crippen LogP contribution in [0.4, 0.5) is 4.79 Å². The number of nitrogens with one attached hydrogen (secondary N) is 1. The molecule has 1 N–H and O–H groups in total. The van der Waals surface area contributed by atoms with E-state index in [-0.39, 0.29) is 6.61 Å². The Morgan fingerprint density at radius 2 is 2.00 bits per heavy atom. The van der Waals surface area contributed by atoms with Crippen molar-refractivity contribution in [1.82, 2.24) is 5.32 Å². The van der Waals surface area contributed by atoms with Crippen LogP contribution in [0, 0.1) is 16.7 Å². The number of nitrogens with zero attached hydrogens (tertiary/aromatic N) is 1. The molecule has 2 aliphatic carbocycles. The van der Waals surface area contributed by atoms with E-state index in [4.69, 9.17) is 4.74 Å². The van der Waals surface area contributed by atoms with Gasteiger partial charge in [0.05, 0.1) is 6.07 Å². The summed E-state index contributed by atoms with van der Waals surface area (Å²) in [5, 5.41) is 12.1. The first-order valence-corrected chi connectivity index (χ1v) is 7.06. The first-order chi connectivity index (χ1) is 9.65. The van der Waals surface area contributed by atoms with Crippen molar-refractivity contribution < 1.29 is 9.53 Å². The molecule has 0 saturated heterocycles. The average molecular weight is 270 g/mol. The highest BCUT2D eigenvalue weighted by atomic mass is 16.5. The van der Waals surface area contributed by atoms with Gasteiger partial charge in [0.25, 0.3) is 0 Å². The number of rotatable bonds is 3. The smallest absolute Gasteiger partial charge is 0.408 e. The predicted molar refractivity (Wildman–Crippen MR) is 73.6 cm³/mol. The van der Waals surface area contributed by atoms with Crippen LogP contribution in [-0.4, -0.2) is 11.6 Å². The molecule has 0 unspecified atom stereocenters. The molecular weight excluding hydrogens is 252 g/mol. The lowest BCUT2D eigenvalue weighted by Crippen LogP contribution is -2.63. The number of benzene rings is 1. The normalized spacial score (nSPS) is 21.1. The fourth-order valence-electron chi connectivity index (χ4n) is 3.41. The summed E-state index contributed by atoms with van der Waals surface area (Å²) in [6, 6.07) is 11.8. The van der Waals surface area contributed by atoms with Crippen molar-refractivity contribution in [2.75, 3.05) is 0 Å². The van der Waals surface area contributed by atoms with Gasteiger partial charge in [0, 0.05) is 0 Å². The lowest BCUT2D eigenvalue weighted by atomic mass is 9.49. The number of amides is 1. The Hall–Kier alpha value is -2.02. The number of alkyl carbamates (subject to hydrolysis) is 1. The monoisotopic (exact) mass is 270 g/mol. The molecule has 1 amide bonds. The third kappa shape index (κ3) is 2.36. The van der Waals surface area contributed by atoms with Gasteiger partial charge in [-0.1, -0.05) is 36.8 Å². The molecule has 3 rings (SSSR count). The average Bonchev–Trinajstić information content (AvgIpc) is 2.39. The lowest BCUT2D eigenvalue weighted by molar-refractivity contribution is -0.0340. The number of hydrogen-bond donors (Lipinski definition) is 1. The van der Waals surface area contributed by atoms with Crippen molar-refractivity contribution in [2.45, 2.75) is 44.2 Å². The first-order valence-electron chi connectivity index (χ1n) is 7.06. The fraction of sp³-hybridized carbons (Fsp3) is 0.500. The molecule has 0 atom stereocenters. The van der Waals surface area contributed by atoms with Crippen molar-refractivity contribution in [3.8, 4) is 6.07 Å². The highest BCUT2D eigenvalue weighted by Gasteiger charge is 2.58. The Labute approximate surface area is 118 Å². The highest BCUT2D eigenvalue weighted by molar-refractivity contribution is 5.69. The molecule has 2 saturated carbocycles. The van der Waals surface area contributed by atoms with Gasteiger partial charge in [-0.2, -0.15) is 5.26 Å². The van der Waals surface area contributed by atoms with Crippen LogP contribution in [0.3, 0.4) is 0 Å². The predicted octanol–water partition coefficient (Wildman–Crippen LogP) is 3.14. The molecule has 1 aromatic carbocycles. The standard InChI is InChI=1S/C16H18N2O2/c17-12-16(10-15(11-16)7-4-8-15)18-14(19)20-9-13-5-2-1-3-6-13/h1-3,5-6H,4,7-11H2,(H,18,19). The minimum Gasteiger partial charge on any atom is -0.445 e. The maximum atomic E-state index is 11.8. The first kappa shape index (κ1) is 13.0. The molecule has 104 valence electrons. The van der Waals surface area contributed by atoms with Crippen molar-refractivity contribution in [3.63, 3.8) is 0 Å². The number of ether oxygens (including phenoxy) is 1. The Bertz CT molecular complexity index is 535. The second kappa shape index (κ2) is 4.82. The van der Waals surface area contributed by atoms with Crippen molar-refractivity contribution in [1.29, 1.82) is 5.26 Å². The SMILES string of the molecule is N#CC1(NC(=O)OCc2ccccc2)CC2(CCC2)C1. The molecule has 0 aliphatic heterocycles. The van der Waals surface area contributed by atoms with Gasteiger partial charge in [-0.3, -0.25) is 0 Å². The third-order valence-corrected chi connectivity index (χ3v) is 4.54. The molecule has 2 fully saturated rings. The van der Waals surface area contributed by atoms with Crippen LogP contribution < -0.4 is 5.32 Å². The summed E-state index contributed by atoms with van der Waals surface area (Å²) in [7, 11) is 0. The maximum Gasteiger partial charge on any atom is 0.408 e. The van der Waals surface area contributed by atoms with Crippen LogP contribution in [0.1, 0.15) is 37.7 Å². The number of carbonyl (C=O) groups is 1. The van der Waals surface area contributed by atoms with Gasteiger partial charge in [0.15, 0.2) is 0 Å². The van der Waals surface area contributed by atoms with E-state index in [1.807, 2.05) is 30.3 Å². The number of nitriles is 1. The second-order valence-electron chi connectivity index (χ2n) is 6.09. The van der Waals surface area contributed by atoms with Crippen LogP contribution in [0.5, 0.6) is 0 Å². The summed E-state index contributed by atoms with van der Waals surface area (Å²) in [6.45, 7) is 0.235. The molecule has 20 heavy (non-hydrogen) atoms. The van der Waals surface area contributed by atoms with Crippen LogP contribution >= 0.6 is 0 Å². The zero-order valence-corrected chi connectivity index (χ0v) is 11.4.